The summed E-state index contributed by atoms with van der Waals surface area (Å²) in [5.41, 5.74) is 5.99. The van der Waals surface area contributed by atoms with Crippen molar-refractivity contribution in [2.75, 3.05) is 5.32 Å². The lowest BCUT2D eigenvalue weighted by Crippen LogP contribution is -2.32. The Balaban J connectivity index is 1.65. The van der Waals surface area contributed by atoms with Crippen LogP contribution in [0.3, 0.4) is 0 Å². The van der Waals surface area contributed by atoms with Gasteiger partial charge in [0.25, 0.3) is 0 Å². The van der Waals surface area contributed by atoms with Crippen LogP contribution in [-0.2, 0) is 0 Å². The summed E-state index contributed by atoms with van der Waals surface area (Å²) in [6, 6.07) is 21.7. The molecule has 3 aromatic carbocycles. The van der Waals surface area contributed by atoms with Crippen LogP contribution in [0, 0.1) is 6.92 Å². The summed E-state index contributed by atoms with van der Waals surface area (Å²) < 4.78 is 8.48. The molecule has 0 bridgehead atoms. The summed E-state index contributed by atoms with van der Waals surface area (Å²) in [5.74, 6) is 1.40. The number of fused-ring (bicyclic) bond motifs is 3. The van der Waals surface area contributed by atoms with Crippen molar-refractivity contribution in [1.29, 1.82) is 0 Å². The average Bonchev–Trinajstić information content (AvgIpc) is 3.27. The highest BCUT2D eigenvalue weighted by molar-refractivity contribution is 6.31. The van der Waals surface area contributed by atoms with E-state index in [-0.39, 0.29) is 6.04 Å². The molecule has 32 heavy (non-hydrogen) atoms. The van der Waals surface area contributed by atoms with Crippen molar-refractivity contribution in [3.05, 3.63) is 111 Å². The maximum absolute atomic E-state index is 6.66. The van der Waals surface area contributed by atoms with Gasteiger partial charge in [-0.2, -0.15) is 10.1 Å². The van der Waals surface area contributed by atoms with E-state index in [0.717, 1.165) is 33.7 Å². The topological polar surface area (TPSA) is 52.0 Å². The van der Waals surface area contributed by atoms with Crippen LogP contribution in [0.5, 0.6) is 5.75 Å². The van der Waals surface area contributed by atoms with Crippen LogP contribution in [0.2, 0.25) is 10.0 Å². The van der Waals surface area contributed by atoms with Crippen LogP contribution in [0.4, 0.5) is 5.95 Å². The van der Waals surface area contributed by atoms with Crippen LogP contribution in [0.25, 0.3) is 5.70 Å². The van der Waals surface area contributed by atoms with Crippen molar-refractivity contribution in [1.82, 2.24) is 14.8 Å². The smallest absolute Gasteiger partial charge is 0.226 e. The third kappa shape index (κ3) is 3.00. The summed E-state index contributed by atoms with van der Waals surface area (Å²) in [6.07, 6.45) is 1.15. The van der Waals surface area contributed by atoms with Crippen molar-refractivity contribution in [3.63, 3.8) is 0 Å². The highest BCUT2D eigenvalue weighted by Crippen LogP contribution is 2.51. The van der Waals surface area contributed by atoms with Gasteiger partial charge in [0.05, 0.1) is 5.70 Å². The van der Waals surface area contributed by atoms with Gasteiger partial charge < -0.3 is 10.1 Å². The summed E-state index contributed by atoms with van der Waals surface area (Å²) in [6.45, 7) is 2.08. The standard InChI is InChI=1S/C25H18Cl2N4O/c1-14-6-8-15(9-7-14)23-21-22(30-25-28-13-29-31(23)25)18-12-16(26)10-11-20(18)32-24(21)17-4-2-3-5-19(17)27/h2-13,23-24H,1H3,(H,28,29,30)/t23-,24+/m0/s1. The summed E-state index contributed by atoms with van der Waals surface area (Å²) in [4.78, 5) is 4.46. The number of halogens is 2. The van der Waals surface area contributed by atoms with Crippen molar-refractivity contribution < 1.29 is 4.74 Å². The number of aromatic nitrogens is 3. The zero-order valence-corrected chi connectivity index (χ0v) is 18.6. The number of nitrogens with one attached hydrogen (secondary N) is 1. The van der Waals surface area contributed by atoms with Crippen molar-refractivity contribution in [2.24, 2.45) is 0 Å². The molecular weight excluding hydrogens is 443 g/mol. The van der Waals surface area contributed by atoms with E-state index in [1.54, 1.807) is 6.33 Å². The van der Waals surface area contributed by atoms with E-state index >= 15 is 0 Å². The second-order valence-corrected chi connectivity index (χ2v) is 8.80. The Bertz CT molecular complexity index is 1380. The molecule has 6 rings (SSSR count). The summed E-state index contributed by atoms with van der Waals surface area (Å²) in [5, 5.41) is 9.31. The van der Waals surface area contributed by atoms with Gasteiger partial charge in [-0.25, -0.2) is 4.68 Å². The zero-order chi connectivity index (χ0) is 21.8. The van der Waals surface area contributed by atoms with Crippen LogP contribution < -0.4 is 10.1 Å². The molecule has 0 fully saturated rings. The molecule has 3 heterocycles. The molecule has 0 amide bonds. The van der Waals surface area contributed by atoms with Gasteiger partial charge in [0, 0.05) is 26.7 Å². The largest absolute Gasteiger partial charge is 0.480 e. The quantitative estimate of drug-likeness (QED) is 0.373. The fraction of sp³-hybridized carbons (Fsp3) is 0.120. The maximum Gasteiger partial charge on any atom is 0.226 e. The minimum Gasteiger partial charge on any atom is -0.480 e. The Morgan fingerprint density at radius 1 is 1.00 bits per heavy atom. The Labute approximate surface area is 195 Å². The first-order chi connectivity index (χ1) is 15.6. The third-order valence-electron chi connectivity index (χ3n) is 5.96. The Kier molecular flexibility index (Phi) is 4.49. The molecule has 0 aliphatic carbocycles. The van der Waals surface area contributed by atoms with E-state index in [4.69, 9.17) is 27.9 Å². The number of benzene rings is 3. The van der Waals surface area contributed by atoms with E-state index in [9.17, 15) is 0 Å². The van der Waals surface area contributed by atoms with Crippen LogP contribution in [0.15, 0.2) is 78.6 Å². The molecule has 0 saturated heterocycles. The van der Waals surface area contributed by atoms with E-state index in [1.807, 2.05) is 47.1 Å². The Morgan fingerprint density at radius 3 is 2.62 bits per heavy atom. The molecule has 7 heteroatoms. The number of hydrogen-bond donors (Lipinski definition) is 1. The predicted octanol–water partition coefficient (Wildman–Crippen LogP) is 6.45. The molecule has 1 aromatic heterocycles. The number of hydrogen-bond acceptors (Lipinski definition) is 4. The van der Waals surface area contributed by atoms with Gasteiger partial charge in [-0.05, 0) is 36.8 Å². The van der Waals surface area contributed by atoms with Crippen molar-refractivity contribution >= 4 is 34.8 Å². The number of anilines is 1. The number of rotatable bonds is 2. The molecule has 0 spiro atoms. The first-order valence-corrected chi connectivity index (χ1v) is 11.0. The van der Waals surface area contributed by atoms with Gasteiger partial charge in [0.15, 0.2) is 6.10 Å². The normalized spacial score (nSPS) is 18.8. The lowest BCUT2D eigenvalue weighted by Gasteiger charge is -2.39. The Morgan fingerprint density at radius 2 is 1.81 bits per heavy atom. The fourth-order valence-electron chi connectivity index (χ4n) is 4.46. The molecule has 0 radical (unpaired) electrons. The van der Waals surface area contributed by atoms with Gasteiger partial charge in [-0.15, -0.1) is 0 Å². The SMILES string of the molecule is Cc1ccc([C@H]2C3=C(Nc4ncnn42)c2cc(Cl)ccc2O[C@@H]3c2ccccc2Cl)cc1. The first kappa shape index (κ1) is 19.4. The molecule has 0 unspecified atom stereocenters. The Hall–Kier alpha value is -3.28. The van der Waals surface area contributed by atoms with Gasteiger partial charge in [0.1, 0.15) is 18.1 Å². The lowest BCUT2D eigenvalue weighted by molar-refractivity contribution is 0.223. The van der Waals surface area contributed by atoms with Gasteiger partial charge in [0.2, 0.25) is 5.95 Å². The molecule has 2 aliphatic heterocycles. The molecule has 2 atom stereocenters. The molecule has 1 N–H and O–H groups in total. The predicted molar refractivity (Wildman–Crippen MR) is 126 cm³/mol. The maximum atomic E-state index is 6.66. The molecule has 0 saturated carbocycles. The van der Waals surface area contributed by atoms with E-state index in [1.165, 1.54) is 5.56 Å². The number of ether oxygens (including phenoxy) is 1. The minimum atomic E-state index is -0.413. The van der Waals surface area contributed by atoms with Crippen LogP contribution in [-0.4, -0.2) is 14.8 Å². The van der Waals surface area contributed by atoms with Crippen molar-refractivity contribution in [3.8, 4) is 5.75 Å². The minimum absolute atomic E-state index is 0.224. The van der Waals surface area contributed by atoms with E-state index < -0.39 is 6.10 Å². The van der Waals surface area contributed by atoms with Crippen LogP contribution in [0.1, 0.15) is 34.4 Å². The number of aryl methyl sites for hydroxylation is 1. The summed E-state index contributed by atoms with van der Waals surface area (Å²) >= 11 is 13.0. The highest BCUT2D eigenvalue weighted by Gasteiger charge is 2.41. The molecule has 5 nitrogen and oxygen atoms in total. The average molecular weight is 461 g/mol. The zero-order valence-electron chi connectivity index (χ0n) is 17.1. The van der Waals surface area contributed by atoms with Crippen LogP contribution >= 0.6 is 23.2 Å². The first-order valence-electron chi connectivity index (χ1n) is 10.3. The fourth-order valence-corrected chi connectivity index (χ4v) is 4.86. The molecule has 158 valence electrons. The van der Waals surface area contributed by atoms with E-state index in [0.29, 0.717) is 16.0 Å². The van der Waals surface area contributed by atoms with Gasteiger partial charge >= 0.3 is 0 Å². The summed E-state index contributed by atoms with van der Waals surface area (Å²) in [7, 11) is 0. The molecule has 2 aliphatic rings. The second kappa shape index (κ2) is 7.40. The van der Waals surface area contributed by atoms with Gasteiger partial charge in [-0.3, -0.25) is 0 Å². The van der Waals surface area contributed by atoms with Crippen molar-refractivity contribution in [2.45, 2.75) is 19.1 Å². The van der Waals surface area contributed by atoms with E-state index in [2.05, 4.69) is 46.6 Å². The highest BCUT2D eigenvalue weighted by atomic mass is 35.5. The second-order valence-electron chi connectivity index (χ2n) is 7.96. The lowest BCUT2D eigenvalue weighted by atomic mass is 9.84. The number of nitrogens with zero attached hydrogens (tertiary/aromatic N) is 3. The third-order valence-corrected chi connectivity index (χ3v) is 6.54. The molecule has 4 aromatic rings. The van der Waals surface area contributed by atoms with Gasteiger partial charge in [-0.1, -0.05) is 71.2 Å². The molecular formula is C25H18Cl2N4O. The monoisotopic (exact) mass is 460 g/mol.